The monoisotopic (exact) mass is 186 g/mol. The fraction of sp³-hybridized carbons (Fsp3) is 0.667. The van der Waals surface area contributed by atoms with Gasteiger partial charge in [0, 0.05) is 20.3 Å². The van der Waals surface area contributed by atoms with E-state index in [1.807, 2.05) is 0 Å². The average Bonchev–Trinajstić information content (AvgIpc) is 2.14. The van der Waals surface area contributed by atoms with Gasteiger partial charge in [-0.15, -0.1) is 6.58 Å². The zero-order valence-electron chi connectivity index (χ0n) is 8.14. The lowest BCUT2D eigenvalue weighted by atomic mass is 10.4. The van der Waals surface area contributed by atoms with Crippen LogP contribution in [0.3, 0.4) is 0 Å². The largest absolute Gasteiger partial charge is 0.385 e. The Balaban J connectivity index is 3.12. The maximum Gasteiger partial charge on any atom is 0.234 e. The minimum Gasteiger partial charge on any atom is -0.385 e. The molecule has 0 radical (unpaired) electrons. The molecule has 0 aromatic carbocycles. The molecule has 0 saturated carbocycles. The SMILES string of the molecule is C=CCNC(=O)CNCCCOC. The van der Waals surface area contributed by atoms with E-state index in [1.54, 1.807) is 13.2 Å². The molecule has 0 aliphatic heterocycles. The van der Waals surface area contributed by atoms with Gasteiger partial charge in [-0.3, -0.25) is 4.79 Å². The first-order valence-corrected chi connectivity index (χ1v) is 4.38. The maximum absolute atomic E-state index is 11.0. The number of rotatable bonds is 8. The Morgan fingerprint density at radius 1 is 1.62 bits per heavy atom. The highest BCUT2D eigenvalue weighted by atomic mass is 16.5. The molecule has 76 valence electrons. The smallest absolute Gasteiger partial charge is 0.234 e. The van der Waals surface area contributed by atoms with Crippen LogP contribution < -0.4 is 10.6 Å². The van der Waals surface area contributed by atoms with Gasteiger partial charge >= 0.3 is 0 Å². The molecule has 0 fully saturated rings. The van der Waals surface area contributed by atoms with Crippen LogP contribution in [0, 0.1) is 0 Å². The molecule has 2 N–H and O–H groups in total. The molecule has 0 saturated heterocycles. The zero-order valence-corrected chi connectivity index (χ0v) is 8.14. The molecule has 0 aliphatic rings. The van der Waals surface area contributed by atoms with E-state index in [9.17, 15) is 4.79 Å². The molecule has 4 heteroatoms. The molecular weight excluding hydrogens is 168 g/mol. The Labute approximate surface area is 79.3 Å². The van der Waals surface area contributed by atoms with Crippen molar-refractivity contribution in [3.63, 3.8) is 0 Å². The lowest BCUT2D eigenvalue weighted by molar-refractivity contribution is -0.120. The summed E-state index contributed by atoms with van der Waals surface area (Å²) >= 11 is 0. The van der Waals surface area contributed by atoms with E-state index in [-0.39, 0.29) is 5.91 Å². The van der Waals surface area contributed by atoms with Gasteiger partial charge in [0.2, 0.25) is 5.91 Å². The summed E-state index contributed by atoms with van der Waals surface area (Å²) in [5, 5.41) is 5.68. The Hall–Kier alpha value is -0.870. The lowest BCUT2D eigenvalue weighted by Gasteiger charge is -2.04. The third kappa shape index (κ3) is 9.04. The highest BCUT2D eigenvalue weighted by Crippen LogP contribution is 1.76. The summed E-state index contributed by atoms with van der Waals surface area (Å²) in [5.74, 6) is -0.00248. The fourth-order valence-corrected chi connectivity index (χ4v) is 0.792. The summed E-state index contributed by atoms with van der Waals surface area (Å²) in [5.41, 5.74) is 0. The van der Waals surface area contributed by atoms with Crippen molar-refractivity contribution in [2.24, 2.45) is 0 Å². The second kappa shape index (κ2) is 9.22. The molecule has 0 spiro atoms. The number of nitrogens with one attached hydrogen (secondary N) is 2. The van der Waals surface area contributed by atoms with E-state index in [0.29, 0.717) is 13.1 Å². The van der Waals surface area contributed by atoms with E-state index in [4.69, 9.17) is 4.74 Å². The number of carbonyl (C=O) groups excluding carboxylic acids is 1. The van der Waals surface area contributed by atoms with E-state index in [0.717, 1.165) is 19.6 Å². The molecule has 13 heavy (non-hydrogen) atoms. The van der Waals surface area contributed by atoms with Gasteiger partial charge < -0.3 is 15.4 Å². The van der Waals surface area contributed by atoms with Gasteiger partial charge in [-0.05, 0) is 13.0 Å². The predicted molar refractivity (Wildman–Crippen MR) is 52.6 cm³/mol. The first-order valence-electron chi connectivity index (χ1n) is 4.38. The Kier molecular flexibility index (Phi) is 8.60. The summed E-state index contributed by atoms with van der Waals surface area (Å²) < 4.78 is 4.86. The molecule has 0 rings (SSSR count). The van der Waals surface area contributed by atoms with E-state index in [2.05, 4.69) is 17.2 Å². The van der Waals surface area contributed by atoms with Gasteiger partial charge in [-0.25, -0.2) is 0 Å². The normalized spacial score (nSPS) is 9.62. The van der Waals surface area contributed by atoms with Crippen molar-refractivity contribution in [2.45, 2.75) is 6.42 Å². The van der Waals surface area contributed by atoms with Crippen molar-refractivity contribution < 1.29 is 9.53 Å². The number of hydrogen-bond acceptors (Lipinski definition) is 3. The second-order valence-corrected chi connectivity index (χ2v) is 2.62. The molecule has 4 nitrogen and oxygen atoms in total. The summed E-state index contributed by atoms with van der Waals surface area (Å²) in [6, 6.07) is 0. The first-order chi connectivity index (χ1) is 6.31. The average molecular weight is 186 g/mol. The minimum absolute atomic E-state index is 0.00248. The van der Waals surface area contributed by atoms with Crippen LogP contribution in [0.2, 0.25) is 0 Å². The van der Waals surface area contributed by atoms with Crippen LogP contribution in [0.4, 0.5) is 0 Å². The van der Waals surface area contributed by atoms with E-state index >= 15 is 0 Å². The molecule has 0 aliphatic carbocycles. The Morgan fingerprint density at radius 2 is 2.38 bits per heavy atom. The van der Waals surface area contributed by atoms with Gasteiger partial charge in [-0.2, -0.15) is 0 Å². The fourth-order valence-electron chi connectivity index (χ4n) is 0.792. The van der Waals surface area contributed by atoms with Crippen molar-refractivity contribution in [1.29, 1.82) is 0 Å². The summed E-state index contributed by atoms with van der Waals surface area (Å²) in [6.07, 6.45) is 2.58. The van der Waals surface area contributed by atoms with Crippen molar-refractivity contribution >= 4 is 5.91 Å². The van der Waals surface area contributed by atoms with E-state index in [1.165, 1.54) is 0 Å². The van der Waals surface area contributed by atoms with Crippen LogP contribution in [0.15, 0.2) is 12.7 Å². The van der Waals surface area contributed by atoms with Gasteiger partial charge in [0.1, 0.15) is 0 Å². The summed E-state index contributed by atoms with van der Waals surface area (Å²) in [4.78, 5) is 11.0. The minimum atomic E-state index is -0.00248. The van der Waals surface area contributed by atoms with Gasteiger partial charge in [0.15, 0.2) is 0 Å². The second-order valence-electron chi connectivity index (χ2n) is 2.62. The topological polar surface area (TPSA) is 50.4 Å². The lowest BCUT2D eigenvalue weighted by Crippen LogP contribution is -2.34. The van der Waals surface area contributed by atoms with Gasteiger partial charge in [0.25, 0.3) is 0 Å². The summed E-state index contributed by atoms with van der Waals surface area (Å²) in [6.45, 7) is 5.91. The number of methoxy groups -OCH3 is 1. The van der Waals surface area contributed by atoms with Crippen molar-refractivity contribution in [3.8, 4) is 0 Å². The van der Waals surface area contributed by atoms with Gasteiger partial charge in [0.05, 0.1) is 6.54 Å². The number of carbonyl (C=O) groups is 1. The highest BCUT2D eigenvalue weighted by Gasteiger charge is 1.96. The Morgan fingerprint density at radius 3 is 3.00 bits per heavy atom. The molecule has 0 atom stereocenters. The van der Waals surface area contributed by atoms with Crippen LogP contribution in [-0.4, -0.2) is 39.3 Å². The van der Waals surface area contributed by atoms with E-state index < -0.39 is 0 Å². The van der Waals surface area contributed by atoms with Crippen molar-refractivity contribution in [2.75, 3.05) is 33.4 Å². The zero-order chi connectivity index (χ0) is 9.94. The molecule has 0 heterocycles. The third-order valence-electron chi connectivity index (χ3n) is 1.43. The molecule has 0 unspecified atom stereocenters. The molecule has 0 aromatic heterocycles. The third-order valence-corrected chi connectivity index (χ3v) is 1.43. The van der Waals surface area contributed by atoms with Crippen LogP contribution in [0.1, 0.15) is 6.42 Å². The quantitative estimate of drug-likeness (QED) is 0.411. The van der Waals surface area contributed by atoms with Gasteiger partial charge in [-0.1, -0.05) is 6.08 Å². The van der Waals surface area contributed by atoms with Crippen LogP contribution in [-0.2, 0) is 9.53 Å². The van der Waals surface area contributed by atoms with Crippen LogP contribution >= 0.6 is 0 Å². The standard InChI is InChI=1S/C9H18N2O2/c1-3-5-11-9(12)8-10-6-4-7-13-2/h3,10H,1,4-8H2,2H3,(H,11,12). The molecular formula is C9H18N2O2. The number of amides is 1. The number of ether oxygens (including phenoxy) is 1. The van der Waals surface area contributed by atoms with Crippen LogP contribution in [0.25, 0.3) is 0 Å². The first kappa shape index (κ1) is 12.1. The van der Waals surface area contributed by atoms with Crippen molar-refractivity contribution in [1.82, 2.24) is 10.6 Å². The maximum atomic E-state index is 11.0. The van der Waals surface area contributed by atoms with Crippen LogP contribution in [0.5, 0.6) is 0 Å². The highest BCUT2D eigenvalue weighted by molar-refractivity contribution is 5.78. The predicted octanol–water partition coefficient (Wildman–Crippen LogP) is -0.0853. The molecule has 0 bridgehead atoms. The molecule has 0 aromatic rings. The molecule has 1 amide bonds. The number of hydrogen-bond donors (Lipinski definition) is 2. The summed E-state index contributed by atoms with van der Waals surface area (Å²) in [7, 11) is 1.66. The van der Waals surface area contributed by atoms with Crippen molar-refractivity contribution in [3.05, 3.63) is 12.7 Å². The Bertz CT molecular complexity index is 149.